The fourth-order valence-corrected chi connectivity index (χ4v) is 8.81. The molecule has 1 nitrogen and oxygen atoms in total. The molecule has 244 valence electrons. The lowest BCUT2D eigenvalue weighted by molar-refractivity contribution is 0.662. The van der Waals surface area contributed by atoms with Crippen molar-refractivity contribution in [1.29, 1.82) is 0 Å². The predicted molar refractivity (Wildman–Crippen MR) is 220 cm³/mol. The van der Waals surface area contributed by atoms with Crippen molar-refractivity contribution in [2.45, 2.75) is 19.3 Å². The van der Waals surface area contributed by atoms with Gasteiger partial charge in [-0.1, -0.05) is 165 Å². The number of hydrogen-bond donors (Lipinski definition) is 0. The van der Waals surface area contributed by atoms with E-state index in [0.29, 0.717) is 33.4 Å². The molecule has 0 bridgehead atoms. The van der Waals surface area contributed by atoms with Gasteiger partial charge in [0.1, 0.15) is 11.2 Å². The first-order chi connectivity index (χ1) is 28.9. The van der Waals surface area contributed by atoms with E-state index >= 15 is 0 Å². The minimum Gasteiger partial charge on any atom is -0.456 e. The van der Waals surface area contributed by atoms with Crippen molar-refractivity contribution in [3.8, 4) is 44.5 Å². The molecular formula is C51H34O. The van der Waals surface area contributed by atoms with Crippen molar-refractivity contribution in [2.24, 2.45) is 0 Å². The van der Waals surface area contributed by atoms with Gasteiger partial charge in [0.25, 0.3) is 0 Å². The second-order valence-corrected chi connectivity index (χ2v) is 14.2. The Hall–Kier alpha value is -6.44. The fraction of sp³-hybridized carbons (Fsp3) is 0.0588. The molecule has 1 heteroatoms. The van der Waals surface area contributed by atoms with Crippen molar-refractivity contribution in [1.82, 2.24) is 0 Å². The van der Waals surface area contributed by atoms with Crippen LogP contribution in [0.1, 0.15) is 35.9 Å². The van der Waals surface area contributed by atoms with Crippen LogP contribution >= 0.6 is 0 Å². The molecule has 0 aliphatic heterocycles. The number of furan rings is 1. The number of hydrogen-bond acceptors (Lipinski definition) is 1. The third kappa shape index (κ3) is 4.05. The highest BCUT2D eigenvalue weighted by atomic mass is 16.3. The molecule has 0 fully saturated rings. The number of rotatable bonds is 3. The van der Waals surface area contributed by atoms with Crippen LogP contribution in [-0.2, 0) is 5.41 Å². The molecule has 0 amide bonds. The van der Waals surface area contributed by atoms with Gasteiger partial charge in [0.05, 0.1) is 11.0 Å². The molecule has 52 heavy (non-hydrogen) atoms. The van der Waals surface area contributed by atoms with Gasteiger partial charge in [0.15, 0.2) is 0 Å². The minimum atomic E-state index is -0.433. The van der Waals surface area contributed by atoms with Crippen LogP contribution in [-0.4, -0.2) is 0 Å². The first-order valence-corrected chi connectivity index (χ1v) is 17.5. The van der Waals surface area contributed by atoms with E-state index in [2.05, 4.69) is 56.3 Å². The summed E-state index contributed by atoms with van der Waals surface area (Å²) in [6.45, 7) is 4.48. The fourth-order valence-electron chi connectivity index (χ4n) is 8.81. The Labute approximate surface area is 313 Å². The van der Waals surface area contributed by atoms with E-state index in [1.165, 1.54) is 22.3 Å². The number of fused-ring (bicyclic) bond motifs is 10. The summed E-state index contributed by atoms with van der Waals surface area (Å²) >= 11 is 0. The molecule has 0 radical (unpaired) electrons. The summed E-state index contributed by atoms with van der Waals surface area (Å²) in [5.41, 5.74) is 9.69. The average molecular weight is 671 g/mol. The van der Waals surface area contributed by atoms with Gasteiger partial charge in [-0.2, -0.15) is 0 Å². The quantitative estimate of drug-likeness (QED) is 0.171. The van der Waals surface area contributed by atoms with Crippen LogP contribution in [0.2, 0.25) is 0 Å². The van der Waals surface area contributed by atoms with Gasteiger partial charge in [-0.3, -0.25) is 0 Å². The standard InChI is InChI=1S/C51H34O/c1-51(2)44-21-10-9-14-37(44)42-20-11-19-36(50(42)51)32-22-24-33(25-23-32)47-38-15-5-7-17-40(38)48(41-18-8-6-16-39(41)47)34-27-28-45-43(30-34)49-35-13-4-3-12-31(35)26-29-46(49)52-45/h3-30H,1-2H3/i5D,6D,7D,8D,15D,16D,17D,18D. The minimum absolute atomic E-state index is 0.176. The van der Waals surface area contributed by atoms with E-state index in [1.807, 2.05) is 72.8 Å². The summed E-state index contributed by atoms with van der Waals surface area (Å²) in [5, 5.41) is 4.39. The van der Waals surface area contributed by atoms with Gasteiger partial charge >= 0.3 is 0 Å². The Morgan fingerprint density at radius 1 is 0.462 bits per heavy atom. The highest BCUT2D eigenvalue weighted by molar-refractivity contribution is 6.23. The van der Waals surface area contributed by atoms with E-state index in [-0.39, 0.29) is 51.1 Å². The van der Waals surface area contributed by atoms with E-state index in [9.17, 15) is 5.48 Å². The third-order valence-corrected chi connectivity index (χ3v) is 11.1. The van der Waals surface area contributed by atoms with Gasteiger partial charge in [-0.25, -0.2) is 0 Å². The molecule has 1 aliphatic rings. The SMILES string of the molecule is [2H]c1c([2H])c([2H])c2c(-c3ccc4oc5ccc6ccccc6c5c4c3)c3c([2H])c([2H])c([2H])c([2H])c3c(-c3ccc(-c4cccc5c4C(C)(C)c4ccccc4-5)cc3)c2c1[2H]. The largest absolute Gasteiger partial charge is 0.456 e. The van der Waals surface area contributed by atoms with Gasteiger partial charge in [0, 0.05) is 16.2 Å². The van der Waals surface area contributed by atoms with Gasteiger partial charge < -0.3 is 4.42 Å². The number of benzene rings is 9. The normalized spacial score (nSPS) is 15.5. The Morgan fingerprint density at radius 2 is 1.04 bits per heavy atom. The molecule has 0 saturated heterocycles. The molecule has 1 aliphatic carbocycles. The van der Waals surface area contributed by atoms with Crippen LogP contribution in [0, 0.1) is 0 Å². The van der Waals surface area contributed by atoms with Crippen molar-refractivity contribution < 1.29 is 15.4 Å². The molecule has 0 atom stereocenters. The predicted octanol–water partition coefficient (Wildman–Crippen LogP) is 14.4. The molecule has 0 unspecified atom stereocenters. The van der Waals surface area contributed by atoms with E-state index < -0.39 is 24.2 Å². The molecule has 10 aromatic rings. The van der Waals surface area contributed by atoms with Crippen molar-refractivity contribution >= 4 is 54.3 Å². The van der Waals surface area contributed by atoms with E-state index in [1.54, 1.807) is 6.07 Å². The first kappa shape index (κ1) is 22.4. The summed E-state index contributed by atoms with van der Waals surface area (Å²) in [6.07, 6.45) is 0. The van der Waals surface area contributed by atoms with Crippen LogP contribution in [0.5, 0.6) is 0 Å². The lowest BCUT2D eigenvalue weighted by atomic mass is 9.78. The second-order valence-electron chi connectivity index (χ2n) is 14.2. The molecule has 0 spiro atoms. The van der Waals surface area contributed by atoms with Gasteiger partial charge in [-0.15, -0.1) is 0 Å². The monoisotopic (exact) mass is 670 g/mol. The van der Waals surface area contributed by atoms with Crippen LogP contribution < -0.4 is 0 Å². The molecule has 1 heterocycles. The molecule has 11 rings (SSSR count). The van der Waals surface area contributed by atoms with Crippen molar-refractivity contribution in [2.75, 3.05) is 0 Å². The van der Waals surface area contributed by atoms with Crippen LogP contribution in [0.25, 0.3) is 98.8 Å². The average Bonchev–Trinajstić information content (AvgIpc) is 3.77. The molecule has 1 aromatic heterocycles. The van der Waals surface area contributed by atoms with E-state index in [4.69, 9.17) is 9.90 Å². The Kier molecular flexibility index (Phi) is 4.64. The highest BCUT2D eigenvalue weighted by Gasteiger charge is 2.37. The maximum atomic E-state index is 9.45. The third-order valence-electron chi connectivity index (χ3n) is 11.1. The van der Waals surface area contributed by atoms with Crippen LogP contribution in [0.15, 0.2) is 174 Å². The van der Waals surface area contributed by atoms with Crippen molar-refractivity contribution in [3.05, 3.63) is 181 Å². The maximum Gasteiger partial charge on any atom is 0.136 e. The summed E-state index contributed by atoms with van der Waals surface area (Å²) in [4.78, 5) is 0. The zero-order valence-electron chi connectivity index (χ0n) is 36.5. The Balaban J connectivity index is 1.23. The molecule has 0 saturated carbocycles. The van der Waals surface area contributed by atoms with Crippen molar-refractivity contribution in [3.63, 3.8) is 0 Å². The first-order valence-electron chi connectivity index (χ1n) is 21.5. The summed E-state index contributed by atoms with van der Waals surface area (Å²) < 4.78 is 79.7. The Bertz CT molecular complexity index is 3470. The zero-order valence-corrected chi connectivity index (χ0v) is 28.5. The summed E-state index contributed by atoms with van der Waals surface area (Å²) in [6, 6.07) is 37.2. The van der Waals surface area contributed by atoms with Gasteiger partial charge in [-0.05, 0) is 106 Å². The second kappa shape index (κ2) is 10.8. The van der Waals surface area contributed by atoms with Gasteiger partial charge in [0.2, 0.25) is 0 Å². The Morgan fingerprint density at radius 3 is 1.79 bits per heavy atom. The molecular weight excluding hydrogens is 629 g/mol. The smallest absolute Gasteiger partial charge is 0.136 e. The van der Waals surface area contributed by atoms with E-state index in [0.717, 1.165) is 32.7 Å². The summed E-state index contributed by atoms with van der Waals surface area (Å²) in [5.74, 6) is 0. The zero-order chi connectivity index (χ0) is 41.5. The van der Waals surface area contributed by atoms with Crippen LogP contribution in [0.3, 0.4) is 0 Å². The highest BCUT2D eigenvalue weighted by Crippen LogP contribution is 2.52. The van der Waals surface area contributed by atoms with Crippen LogP contribution in [0.4, 0.5) is 0 Å². The lowest BCUT2D eigenvalue weighted by Crippen LogP contribution is -2.16. The molecule has 9 aromatic carbocycles. The maximum absolute atomic E-state index is 9.45. The lowest BCUT2D eigenvalue weighted by Gasteiger charge is -2.24. The molecule has 0 N–H and O–H groups in total. The topological polar surface area (TPSA) is 13.1 Å². The summed E-state index contributed by atoms with van der Waals surface area (Å²) in [7, 11) is 0.